The number of rotatable bonds is 8. The average Bonchev–Trinajstić information content (AvgIpc) is 3.25. The fourth-order valence-electron chi connectivity index (χ4n) is 2.21. The van der Waals surface area contributed by atoms with Crippen molar-refractivity contribution in [3.8, 4) is 16.5 Å². The molecule has 3 rings (SSSR count). The summed E-state index contributed by atoms with van der Waals surface area (Å²) in [4.78, 5) is 1.14. The van der Waals surface area contributed by atoms with Gasteiger partial charge < -0.3 is 9.30 Å². The SMILES string of the molecule is CCn1c(SCCCOc2ccc(F)cc2)nnc1-c1cccs1. The molecule has 0 spiro atoms. The highest BCUT2D eigenvalue weighted by Gasteiger charge is 2.13. The van der Waals surface area contributed by atoms with Crippen molar-refractivity contribution >= 4 is 23.1 Å². The number of nitrogens with zero attached hydrogens (tertiary/aromatic N) is 3. The van der Waals surface area contributed by atoms with Gasteiger partial charge >= 0.3 is 0 Å². The zero-order chi connectivity index (χ0) is 16.8. The Morgan fingerprint density at radius 1 is 1.21 bits per heavy atom. The second kappa shape index (κ2) is 8.30. The molecule has 0 aliphatic carbocycles. The van der Waals surface area contributed by atoms with Crippen LogP contribution >= 0.6 is 23.1 Å². The Labute approximate surface area is 148 Å². The van der Waals surface area contributed by atoms with Crippen molar-refractivity contribution < 1.29 is 9.13 Å². The predicted molar refractivity (Wildman–Crippen MR) is 96.2 cm³/mol. The Morgan fingerprint density at radius 3 is 2.75 bits per heavy atom. The molecule has 0 amide bonds. The van der Waals surface area contributed by atoms with Crippen LogP contribution < -0.4 is 4.74 Å². The molecular weight excluding hydrogens is 345 g/mol. The number of ether oxygens (including phenoxy) is 1. The molecule has 0 N–H and O–H groups in total. The largest absolute Gasteiger partial charge is 0.494 e. The summed E-state index contributed by atoms with van der Waals surface area (Å²) in [7, 11) is 0. The van der Waals surface area contributed by atoms with E-state index < -0.39 is 0 Å². The van der Waals surface area contributed by atoms with Crippen LogP contribution in [0.15, 0.2) is 46.9 Å². The Morgan fingerprint density at radius 2 is 2.04 bits per heavy atom. The lowest BCUT2D eigenvalue weighted by molar-refractivity contribution is 0.318. The molecule has 0 fully saturated rings. The molecule has 126 valence electrons. The second-order valence-electron chi connectivity index (χ2n) is 5.03. The van der Waals surface area contributed by atoms with E-state index in [0.29, 0.717) is 12.4 Å². The molecule has 7 heteroatoms. The molecule has 0 aliphatic heterocycles. The van der Waals surface area contributed by atoms with E-state index in [0.717, 1.165) is 34.6 Å². The number of hydrogen-bond acceptors (Lipinski definition) is 5. The van der Waals surface area contributed by atoms with Gasteiger partial charge in [0.05, 0.1) is 11.5 Å². The molecule has 3 aromatic rings. The first kappa shape index (κ1) is 17.0. The van der Waals surface area contributed by atoms with Crippen LogP contribution in [-0.4, -0.2) is 27.1 Å². The van der Waals surface area contributed by atoms with Crippen LogP contribution in [0.3, 0.4) is 0 Å². The summed E-state index contributed by atoms with van der Waals surface area (Å²) in [6, 6.07) is 10.2. The smallest absolute Gasteiger partial charge is 0.191 e. The van der Waals surface area contributed by atoms with Crippen LogP contribution in [0.25, 0.3) is 10.7 Å². The zero-order valence-electron chi connectivity index (χ0n) is 13.3. The standard InChI is InChI=1S/C17H18FN3OS2/c1-2-21-16(15-5-3-11-23-15)19-20-17(21)24-12-4-10-22-14-8-6-13(18)7-9-14/h3,5-9,11H,2,4,10,12H2,1H3. The quantitative estimate of drug-likeness (QED) is 0.429. The van der Waals surface area contributed by atoms with Gasteiger partial charge in [0.2, 0.25) is 0 Å². The Balaban J connectivity index is 1.49. The third-order valence-electron chi connectivity index (χ3n) is 3.38. The third-order valence-corrected chi connectivity index (χ3v) is 5.30. The minimum Gasteiger partial charge on any atom is -0.494 e. The van der Waals surface area contributed by atoms with Gasteiger partial charge in [0.25, 0.3) is 0 Å². The number of hydrogen-bond donors (Lipinski definition) is 0. The highest BCUT2D eigenvalue weighted by atomic mass is 32.2. The van der Waals surface area contributed by atoms with Gasteiger partial charge in [0.1, 0.15) is 11.6 Å². The van der Waals surface area contributed by atoms with Gasteiger partial charge in [0, 0.05) is 12.3 Å². The normalized spacial score (nSPS) is 10.9. The predicted octanol–water partition coefficient (Wildman–Crippen LogP) is 4.73. The third kappa shape index (κ3) is 4.15. The summed E-state index contributed by atoms with van der Waals surface area (Å²) in [5, 5.41) is 11.6. The van der Waals surface area contributed by atoms with Crippen LogP contribution in [-0.2, 0) is 6.54 Å². The van der Waals surface area contributed by atoms with Crippen LogP contribution in [0.1, 0.15) is 13.3 Å². The Bertz CT molecular complexity index is 757. The van der Waals surface area contributed by atoms with Crippen LogP contribution in [0.5, 0.6) is 5.75 Å². The summed E-state index contributed by atoms with van der Waals surface area (Å²) < 4.78 is 20.6. The van der Waals surface area contributed by atoms with Gasteiger partial charge in [-0.2, -0.15) is 0 Å². The number of thioether (sulfide) groups is 1. The van der Waals surface area contributed by atoms with Gasteiger partial charge in [-0.05, 0) is 49.1 Å². The highest BCUT2D eigenvalue weighted by molar-refractivity contribution is 7.99. The van der Waals surface area contributed by atoms with Crippen molar-refractivity contribution in [2.24, 2.45) is 0 Å². The van der Waals surface area contributed by atoms with Gasteiger partial charge in [-0.3, -0.25) is 0 Å². The molecule has 24 heavy (non-hydrogen) atoms. The molecule has 2 heterocycles. The van der Waals surface area contributed by atoms with E-state index >= 15 is 0 Å². The van der Waals surface area contributed by atoms with E-state index in [1.54, 1.807) is 35.2 Å². The van der Waals surface area contributed by atoms with Gasteiger partial charge in [-0.25, -0.2) is 4.39 Å². The van der Waals surface area contributed by atoms with Gasteiger partial charge in [-0.15, -0.1) is 21.5 Å². The number of benzene rings is 1. The van der Waals surface area contributed by atoms with E-state index in [2.05, 4.69) is 27.8 Å². The lowest BCUT2D eigenvalue weighted by Crippen LogP contribution is -2.01. The highest BCUT2D eigenvalue weighted by Crippen LogP contribution is 2.27. The van der Waals surface area contributed by atoms with Crippen molar-refractivity contribution in [3.05, 3.63) is 47.6 Å². The Hall–Kier alpha value is -1.86. The van der Waals surface area contributed by atoms with E-state index in [9.17, 15) is 4.39 Å². The maximum Gasteiger partial charge on any atom is 0.191 e. The molecule has 0 bridgehead atoms. The monoisotopic (exact) mass is 363 g/mol. The molecule has 0 radical (unpaired) electrons. The first-order chi connectivity index (χ1) is 11.8. The molecule has 0 atom stereocenters. The van der Waals surface area contributed by atoms with E-state index in [1.807, 2.05) is 11.4 Å². The van der Waals surface area contributed by atoms with E-state index in [-0.39, 0.29) is 5.82 Å². The van der Waals surface area contributed by atoms with Crippen molar-refractivity contribution in [2.45, 2.75) is 25.0 Å². The first-order valence-corrected chi connectivity index (χ1v) is 9.62. The average molecular weight is 363 g/mol. The topological polar surface area (TPSA) is 39.9 Å². The van der Waals surface area contributed by atoms with Crippen molar-refractivity contribution in [3.63, 3.8) is 0 Å². The molecule has 2 aromatic heterocycles. The van der Waals surface area contributed by atoms with E-state index in [4.69, 9.17) is 4.74 Å². The summed E-state index contributed by atoms with van der Waals surface area (Å²) in [5.74, 6) is 2.26. The minimum atomic E-state index is -0.252. The van der Waals surface area contributed by atoms with Crippen LogP contribution in [0, 0.1) is 5.82 Å². The molecule has 0 saturated heterocycles. The molecular formula is C17H18FN3OS2. The van der Waals surface area contributed by atoms with Gasteiger partial charge in [-0.1, -0.05) is 17.8 Å². The summed E-state index contributed by atoms with van der Waals surface area (Å²) in [6.45, 7) is 3.54. The van der Waals surface area contributed by atoms with Crippen LogP contribution in [0.2, 0.25) is 0 Å². The zero-order valence-corrected chi connectivity index (χ0v) is 14.9. The van der Waals surface area contributed by atoms with Gasteiger partial charge in [0.15, 0.2) is 11.0 Å². The fraction of sp³-hybridized carbons (Fsp3) is 0.294. The number of halogens is 1. The summed E-state index contributed by atoms with van der Waals surface area (Å²) in [5.41, 5.74) is 0. The maximum atomic E-state index is 12.8. The maximum absolute atomic E-state index is 12.8. The lowest BCUT2D eigenvalue weighted by atomic mass is 10.3. The minimum absolute atomic E-state index is 0.252. The summed E-state index contributed by atoms with van der Waals surface area (Å²) in [6.07, 6.45) is 0.882. The molecule has 0 unspecified atom stereocenters. The summed E-state index contributed by atoms with van der Waals surface area (Å²) >= 11 is 3.35. The number of thiophene rings is 1. The lowest BCUT2D eigenvalue weighted by Gasteiger charge is -2.07. The Kier molecular flexibility index (Phi) is 5.87. The van der Waals surface area contributed by atoms with Crippen molar-refractivity contribution in [1.82, 2.24) is 14.8 Å². The second-order valence-corrected chi connectivity index (χ2v) is 7.04. The van der Waals surface area contributed by atoms with Crippen LogP contribution in [0.4, 0.5) is 4.39 Å². The molecule has 4 nitrogen and oxygen atoms in total. The van der Waals surface area contributed by atoms with E-state index in [1.165, 1.54) is 12.1 Å². The van der Waals surface area contributed by atoms with Crippen molar-refractivity contribution in [2.75, 3.05) is 12.4 Å². The molecule has 0 saturated carbocycles. The molecule has 1 aromatic carbocycles. The molecule has 0 aliphatic rings. The first-order valence-electron chi connectivity index (χ1n) is 7.76. The fourth-order valence-corrected chi connectivity index (χ4v) is 3.84. The van der Waals surface area contributed by atoms with Crippen molar-refractivity contribution in [1.29, 1.82) is 0 Å². The number of aromatic nitrogens is 3.